The summed E-state index contributed by atoms with van der Waals surface area (Å²) in [6, 6.07) is 5.11. The van der Waals surface area contributed by atoms with Crippen LogP contribution < -0.4 is 10.6 Å². The molecule has 2 unspecified atom stereocenters. The van der Waals surface area contributed by atoms with Gasteiger partial charge in [0.2, 0.25) is 21.8 Å². The molecule has 0 radical (unpaired) electrons. The molecule has 1 aromatic carbocycles. The molecular formula is C20H29N3O6S. The van der Waals surface area contributed by atoms with Crippen molar-refractivity contribution in [2.75, 3.05) is 25.5 Å². The number of hydrogen-bond acceptors (Lipinski definition) is 6. The first-order valence-electron chi connectivity index (χ1n) is 9.82. The molecule has 2 atom stereocenters. The molecule has 1 aliphatic heterocycles. The number of carbonyl (C=O) groups excluding carboxylic acids is 3. The number of carbonyl (C=O) groups is 3. The average Bonchev–Trinajstić information content (AvgIpc) is 2.71. The molecule has 1 aliphatic rings. The molecule has 9 nitrogen and oxygen atoms in total. The van der Waals surface area contributed by atoms with Crippen molar-refractivity contribution >= 4 is 33.5 Å². The topological polar surface area (TPSA) is 122 Å². The predicted octanol–water partition coefficient (Wildman–Crippen LogP) is 1.36. The van der Waals surface area contributed by atoms with E-state index in [4.69, 9.17) is 4.74 Å². The summed E-state index contributed by atoms with van der Waals surface area (Å²) in [6.07, 6.45) is 1.07. The van der Waals surface area contributed by atoms with Crippen molar-refractivity contribution in [2.24, 2.45) is 11.8 Å². The highest BCUT2D eigenvalue weighted by molar-refractivity contribution is 7.89. The highest BCUT2D eigenvalue weighted by Crippen LogP contribution is 2.25. The predicted molar refractivity (Wildman–Crippen MR) is 111 cm³/mol. The third-order valence-electron chi connectivity index (χ3n) is 4.99. The first kappa shape index (κ1) is 23.8. The Morgan fingerprint density at radius 3 is 2.33 bits per heavy atom. The Bertz CT molecular complexity index is 882. The first-order chi connectivity index (χ1) is 14.1. The first-order valence-corrected chi connectivity index (χ1v) is 11.3. The molecule has 1 heterocycles. The van der Waals surface area contributed by atoms with Gasteiger partial charge < -0.3 is 15.4 Å². The number of methoxy groups -OCH3 is 1. The van der Waals surface area contributed by atoms with Crippen LogP contribution in [0.5, 0.6) is 0 Å². The van der Waals surface area contributed by atoms with E-state index in [1.165, 1.54) is 42.6 Å². The lowest BCUT2D eigenvalue weighted by Gasteiger charge is -2.32. The van der Waals surface area contributed by atoms with Crippen LogP contribution in [0.3, 0.4) is 0 Å². The van der Waals surface area contributed by atoms with Crippen LogP contribution in [0, 0.1) is 11.8 Å². The highest BCUT2D eigenvalue weighted by Gasteiger charge is 2.35. The molecule has 166 valence electrons. The van der Waals surface area contributed by atoms with E-state index >= 15 is 0 Å². The minimum absolute atomic E-state index is 0.0353. The number of anilines is 1. The van der Waals surface area contributed by atoms with Gasteiger partial charge in [-0.3, -0.25) is 9.59 Å². The Balaban J connectivity index is 2.11. The lowest BCUT2D eigenvalue weighted by molar-refractivity contribution is -0.147. The second kappa shape index (κ2) is 10.0. The third kappa shape index (κ3) is 5.79. The van der Waals surface area contributed by atoms with Gasteiger partial charge in [-0.2, -0.15) is 4.31 Å². The summed E-state index contributed by atoms with van der Waals surface area (Å²) in [6.45, 7) is 5.31. The summed E-state index contributed by atoms with van der Waals surface area (Å²) >= 11 is 0. The molecule has 30 heavy (non-hydrogen) atoms. The molecule has 10 heteroatoms. The molecule has 0 saturated carbocycles. The maximum absolute atomic E-state index is 13.0. The van der Waals surface area contributed by atoms with Crippen LogP contribution in [-0.4, -0.2) is 56.7 Å². The summed E-state index contributed by atoms with van der Waals surface area (Å²) in [7, 11) is -2.53. The van der Waals surface area contributed by atoms with Crippen molar-refractivity contribution in [3.8, 4) is 0 Å². The van der Waals surface area contributed by atoms with Crippen molar-refractivity contribution in [2.45, 2.75) is 44.6 Å². The molecule has 2 amide bonds. The zero-order valence-corrected chi connectivity index (χ0v) is 18.5. The Morgan fingerprint density at radius 1 is 1.17 bits per heavy atom. The molecule has 1 aromatic rings. The molecule has 0 aromatic heterocycles. The van der Waals surface area contributed by atoms with Gasteiger partial charge in [0.25, 0.3) is 0 Å². The number of nitrogens with one attached hydrogen (secondary N) is 2. The Kier molecular flexibility index (Phi) is 7.96. The van der Waals surface area contributed by atoms with Gasteiger partial charge >= 0.3 is 5.97 Å². The standard InChI is InChI=1S/C20H29N3O6S/c1-13(2)18(20(26)29-4)22-19(25)15-6-5-11-23(12-15)30(27,28)17-9-7-16(8-10-17)21-14(3)24/h7-10,13,15,18H,5-6,11-12H2,1-4H3,(H,21,24)(H,22,25). The van der Waals surface area contributed by atoms with Crippen LogP contribution in [0.2, 0.25) is 0 Å². The van der Waals surface area contributed by atoms with E-state index < -0.39 is 28.0 Å². The van der Waals surface area contributed by atoms with Crippen LogP contribution in [0.15, 0.2) is 29.2 Å². The van der Waals surface area contributed by atoms with Crippen LogP contribution in [-0.2, 0) is 29.1 Å². The van der Waals surface area contributed by atoms with E-state index in [2.05, 4.69) is 10.6 Å². The highest BCUT2D eigenvalue weighted by atomic mass is 32.2. The Morgan fingerprint density at radius 2 is 1.80 bits per heavy atom. The fraction of sp³-hybridized carbons (Fsp3) is 0.550. The largest absolute Gasteiger partial charge is 0.467 e. The maximum Gasteiger partial charge on any atom is 0.328 e. The van der Waals surface area contributed by atoms with Gasteiger partial charge in [0.1, 0.15) is 6.04 Å². The molecule has 0 aliphatic carbocycles. The fourth-order valence-electron chi connectivity index (χ4n) is 3.33. The maximum atomic E-state index is 13.0. The van der Waals surface area contributed by atoms with E-state index in [-0.39, 0.29) is 29.2 Å². The van der Waals surface area contributed by atoms with E-state index in [1.54, 1.807) is 13.8 Å². The zero-order valence-electron chi connectivity index (χ0n) is 17.7. The van der Waals surface area contributed by atoms with Gasteiger partial charge in [-0.15, -0.1) is 0 Å². The zero-order chi connectivity index (χ0) is 22.5. The molecule has 2 N–H and O–H groups in total. The Hall–Kier alpha value is -2.46. The van der Waals surface area contributed by atoms with E-state index in [9.17, 15) is 22.8 Å². The second-order valence-electron chi connectivity index (χ2n) is 7.66. The number of benzene rings is 1. The number of rotatable bonds is 7. The summed E-state index contributed by atoms with van der Waals surface area (Å²) in [4.78, 5) is 35.8. The van der Waals surface area contributed by atoms with Crippen LogP contribution in [0.25, 0.3) is 0 Å². The van der Waals surface area contributed by atoms with Crippen LogP contribution in [0.1, 0.15) is 33.6 Å². The van der Waals surface area contributed by atoms with Crippen molar-refractivity contribution in [1.82, 2.24) is 9.62 Å². The molecule has 1 fully saturated rings. The smallest absolute Gasteiger partial charge is 0.328 e. The van der Waals surface area contributed by atoms with Gasteiger partial charge in [-0.1, -0.05) is 13.8 Å². The van der Waals surface area contributed by atoms with Gasteiger partial charge in [0, 0.05) is 25.7 Å². The van der Waals surface area contributed by atoms with E-state index in [0.717, 1.165) is 0 Å². The minimum atomic E-state index is -3.79. The summed E-state index contributed by atoms with van der Waals surface area (Å²) in [5.41, 5.74) is 0.500. The number of ether oxygens (including phenoxy) is 1. The third-order valence-corrected chi connectivity index (χ3v) is 6.87. The van der Waals surface area contributed by atoms with E-state index in [1.807, 2.05) is 0 Å². The monoisotopic (exact) mass is 439 g/mol. The van der Waals surface area contributed by atoms with Crippen LogP contribution in [0.4, 0.5) is 5.69 Å². The van der Waals surface area contributed by atoms with Gasteiger partial charge in [0.15, 0.2) is 0 Å². The number of esters is 1. The van der Waals surface area contributed by atoms with E-state index in [0.29, 0.717) is 25.1 Å². The normalized spacial score (nSPS) is 18.5. The number of nitrogens with zero attached hydrogens (tertiary/aromatic N) is 1. The number of hydrogen-bond donors (Lipinski definition) is 2. The van der Waals surface area contributed by atoms with Gasteiger partial charge in [-0.25, -0.2) is 13.2 Å². The van der Waals surface area contributed by atoms with Crippen LogP contribution >= 0.6 is 0 Å². The van der Waals surface area contributed by atoms with Crippen molar-refractivity contribution in [1.29, 1.82) is 0 Å². The molecule has 2 rings (SSSR count). The fourth-order valence-corrected chi connectivity index (χ4v) is 4.86. The number of piperidine rings is 1. The minimum Gasteiger partial charge on any atom is -0.467 e. The average molecular weight is 440 g/mol. The number of amides is 2. The van der Waals surface area contributed by atoms with Crippen molar-refractivity contribution in [3.05, 3.63) is 24.3 Å². The quantitative estimate of drug-likeness (QED) is 0.619. The summed E-state index contributed by atoms with van der Waals surface area (Å²) in [5, 5.41) is 5.29. The lowest BCUT2D eigenvalue weighted by atomic mass is 9.97. The molecular weight excluding hydrogens is 410 g/mol. The summed E-state index contributed by atoms with van der Waals surface area (Å²) in [5.74, 6) is -1.86. The summed E-state index contributed by atoms with van der Waals surface area (Å²) < 4.78 is 32.0. The van der Waals surface area contributed by atoms with Gasteiger partial charge in [-0.05, 0) is 43.0 Å². The SMILES string of the molecule is COC(=O)C(NC(=O)C1CCCN(S(=O)(=O)c2ccc(NC(C)=O)cc2)C1)C(C)C. The second-order valence-corrected chi connectivity index (χ2v) is 9.60. The van der Waals surface area contributed by atoms with Gasteiger partial charge in [0.05, 0.1) is 17.9 Å². The van der Waals surface area contributed by atoms with Crippen molar-refractivity contribution in [3.63, 3.8) is 0 Å². The molecule has 0 spiro atoms. The van der Waals surface area contributed by atoms with Crippen molar-refractivity contribution < 1.29 is 27.5 Å². The Labute approximate surface area is 177 Å². The molecule has 0 bridgehead atoms. The lowest BCUT2D eigenvalue weighted by Crippen LogP contribution is -2.51. The molecule has 1 saturated heterocycles. The number of sulfonamides is 1.